The van der Waals surface area contributed by atoms with E-state index in [2.05, 4.69) is 15.3 Å². The molecular weight excluding hydrogens is 334 g/mol. The molecule has 0 aliphatic rings. The first-order chi connectivity index (χ1) is 12.1. The van der Waals surface area contributed by atoms with Gasteiger partial charge in [0.25, 0.3) is 5.91 Å². The fourth-order valence-corrected chi connectivity index (χ4v) is 3.23. The van der Waals surface area contributed by atoms with E-state index in [1.165, 1.54) is 11.3 Å². The van der Waals surface area contributed by atoms with E-state index in [9.17, 15) is 4.79 Å². The fourth-order valence-electron chi connectivity index (χ4n) is 2.39. The third-order valence-corrected chi connectivity index (χ3v) is 4.65. The number of nitrogens with one attached hydrogen (secondary N) is 1. The molecule has 3 aromatic rings. The highest BCUT2D eigenvalue weighted by molar-refractivity contribution is 7.13. The van der Waals surface area contributed by atoms with E-state index in [0.29, 0.717) is 18.0 Å². The average Bonchev–Trinajstić information content (AvgIpc) is 2.97. The number of aryl methyl sites for hydroxylation is 2. The zero-order valence-electron chi connectivity index (χ0n) is 14.2. The Morgan fingerprint density at radius 3 is 2.80 bits per heavy atom. The van der Waals surface area contributed by atoms with Crippen molar-refractivity contribution in [3.05, 3.63) is 75.5 Å². The third-order valence-electron chi connectivity index (χ3n) is 3.57. The molecule has 0 spiro atoms. The number of ether oxygens (including phenoxy) is 1. The lowest BCUT2D eigenvalue weighted by Crippen LogP contribution is -2.22. The molecule has 25 heavy (non-hydrogen) atoms. The number of amides is 1. The van der Waals surface area contributed by atoms with Crippen molar-refractivity contribution in [2.24, 2.45) is 0 Å². The predicted octanol–water partition coefficient (Wildman–Crippen LogP) is 3.66. The van der Waals surface area contributed by atoms with Crippen LogP contribution in [0.2, 0.25) is 0 Å². The molecule has 2 aromatic heterocycles. The minimum absolute atomic E-state index is 0.0945. The summed E-state index contributed by atoms with van der Waals surface area (Å²) in [6, 6.07) is 13.4. The number of hydrogen-bond acceptors (Lipinski definition) is 5. The molecule has 1 aromatic carbocycles. The molecule has 0 saturated carbocycles. The summed E-state index contributed by atoms with van der Waals surface area (Å²) in [5.74, 6) is 0.658. The van der Waals surface area contributed by atoms with Crippen molar-refractivity contribution in [3.8, 4) is 5.75 Å². The van der Waals surface area contributed by atoms with E-state index >= 15 is 0 Å². The maximum Gasteiger partial charge on any atom is 0.263 e. The van der Waals surface area contributed by atoms with Crippen molar-refractivity contribution < 1.29 is 9.53 Å². The van der Waals surface area contributed by atoms with Crippen molar-refractivity contribution in [3.63, 3.8) is 0 Å². The molecule has 0 aliphatic carbocycles. The third kappa shape index (κ3) is 4.64. The first-order valence-electron chi connectivity index (χ1n) is 7.95. The molecule has 128 valence electrons. The van der Waals surface area contributed by atoms with Crippen LogP contribution in [0.25, 0.3) is 0 Å². The second-order valence-electron chi connectivity index (χ2n) is 5.59. The Balaban J connectivity index is 1.58. The molecule has 0 radical (unpaired) electrons. The van der Waals surface area contributed by atoms with Crippen molar-refractivity contribution >= 4 is 17.2 Å². The number of pyridine rings is 1. The van der Waals surface area contributed by atoms with Crippen molar-refractivity contribution in [1.82, 2.24) is 15.3 Å². The molecule has 5 nitrogen and oxygen atoms in total. The Hall–Kier alpha value is -2.73. The topological polar surface area (TPSA) is 64.1 Å². The SMILES string of the molecule is Cc1nc(C)c(C(=O)NCc2cccc(OCc3ccccn3)c2)s1. The summed E-state index contributed by atoms with van der Waals surface area (Å²) >= 11 is 1.41. The first-order valence-corrected chi connectivity index (χ1v) is 8.77. The van der Waals surface area contributed by atoms with Gasteiger partial charge in [-0.2, -0.15) is 0 Å². The fraction of sp³-hybridized carbons (Fsp3) is 0.211. The second-order valence-corrected chi connectivity index (χ2v) is 6.79. The smallest absolute Gasteiger partial charge is 0.263 e. The van der Waals surface area contributed by atoms with Crippen LogP contribution in [0.15, 0.2) is 48.7 Å². The van der Waals surface area contributed by atoms with Gasteiger partial charge in [0.2, 0.25) is 0 Å². The lowest BCUT2D eigenvalue weighted by Gasteiger charge is -2.08. The van der Waals surface area contributed by atoms with Crippen LogP contribution in [-0.4, -0.2) is 15.9 Å². The number of thiazole rings is 1. The van der Waals surface area contributed by atoms with Crippen LogP contribution >= 0.6 is 11.3 Å². The van der Waals surface area contributed by atoms with Gasteiger partial charge in [-0.25, -0.2) is 4.98 Å². The zero-order valence-corrected chi connectivity index (χ0v) is 15.0. The summed E-state index contributed by atoms with van der Waals surface area (Å²) in [5, 5.41) is 3.83. The number of nitrogens with zero attached hydrogens (tertiary/aromatic N) is 2. The Kier molecular flexibility index (Phi) is 5.40. The highest BCUT2D eigenvalue weighted by Gasteiger charge is 2.13. The van der Waals surface area contributed by atoms with Gasteiger partial charge in [-0.15, -0.1) is 11.3 Å². The van der Waals surface area contributed by atoms with E-state index in [1.54, 1.807) is 6.20 Å². The Bertz CT molecular complexity index is 862. The van der Waals surface area contributed by atoms with Crippen molar-refractivity contribution in [1.29, 1.82) is 0 Å². The largest absolute Gasteiger partial charge is 0.487 e. The molecule has 3 rings (SSSR count). The molecule has 2 heterocycles. The summed E-state index contributed by atoms with van der Waals surface area (Å²) in [7, 11) is 0. The quantitative estimate of drug-likeness (QED) is 0.734. The highest BCUT2D eigenvalue weighted by atomic mass is 32.1. The molecule has 0 aliphatic heterocycles. The van der Waals surface area contributed by atoms with Crippen molar-refractivity contribution in [2.75, 3.05) is 0 Å². The van der Waals surface area contributed by atoms with Crippen molar-refractivity contribution in [2.45, 2.75) is 27.0 Å². The van der Waals surface area contributed by atoms with Crippen LogP contribution in [0, 0.1) is 13.8 Å². The first kappa shape index (κ1) is 17.1. The molecule has 1 amide bonds. The summed E-state index contributed by atoms with van der Waals surface area (Å²) in [6.45, 7) is 4.60. The van der Waals surface area contributed by atoms with Gasteiger partial charge in [0.1, 0.15) is 17.2 Å². The van der Waals surface area contributed by atoms with Gasteiger partial charge >= 0.3 is 0 Å². The summed E-state index contributed by atoms with van der Waals surface area (Å²) in [4.78, 5) is 21.5. The van der Waals surface area contributed by atoms with Gasteiger partial charge in [0, 0.05) is 12.7 Å². The maximum atomic E-state index is 12.3. The van der Waals surface area contributed by atoms with Gasteiger partial charge < -0.3 is 10.1 Å². The lowest BCUT2D eigenvalue weighted by atomic mass is 10.2. The minimum Gasteiger partial charge on any atom is -0.487 e. The Morgan fingerprint density at radius 2 is 2.08 bits per heavy atom. The second kappa shape index (κ2) is 7.90. The molecule has 6 heteroatoms. The maximum absolute atomic E-state index is 12.3. The van der Waals surface area contributed by atoms with E-state index in [1.807, 2.05) is 56.3 Å². The van der Waals surface area contributed by atoms with E-state index in [4.69, 9.17) is 4.74 Å². The van der Waals surface area contributed by atoms with Gasteiger partial charge in [-0.05, 0) is 43.7 Å². The number of rotatable bonds is 6. The van der Waals surface area contributed by atoms with Gasteiger partial charge in [-0.3, -0.25) is 9.78 Å². The summed E-state index contributed by atoms with van der Waals surface area (Å²) in [6.07, 6.45) is 1.74. The van der Waals surface area contributed by atoms with Crippen LogP contribution < -0.4 is 10.1 Å². The summed E-state index contributed by atoms with van der Waals surface area (Å²) < 4.78 is 5.76. The zero-order chi connectivity index (χ0) is 17.6. The molecule has 0 unspecified atom stereocenters. The van der Waals surface area contributed by atoms with E-state index < -0.39 is 0 Å². The molecule has 0 saturated heterocycles. The van der Waals surface area contributed by atoms with Crippen LogP contribution in [-0.2, 0) is 13.2 Å². The molecule has 0 atom stereocenters. The normalized spacial score (nSPS) is 10.5. The van der Waals surface area contributed by atoms with Gasteiger partial charge in [-0.1, -0.05) is 18.2 Å². The average molecular weight is 353 g/mol. The number of aromatic nitrogens is 2. The summed E-state index contributed by atoms with van der Waals surface area (Å²) in [5.41, 5.74) is 2.62. The van der Waals surface area contributed by atoms with Crippen LogP contribution in [0.1, 0.15) is 31.6 Å². The Morgan fingerprint density at radius 1 is 1.20 bits per heavy atom. The molecule has 0 fully saturated rings. The molecule has 1 N–H and O–H groups in total. The standard InChI is InChI=1S/C19H19N3O2S/c1-13-18(25-14(2)22-13)19(23)21-11-15-6-5-8-17(10-15)24-12-16-7-3-4-9-20-16/h3-10H,11-12H2,1-2H3,(H,21,23). The monoisotopic (exact) mass is 353 g/mol. The predicted molar refractivity (Wildman–Crippen MR) is 97.8 cm³/mol. The number of hydrogen-bond donors (Lipinski definition) is 1. The number of carbonyl (C=O) groups excluding carboxylic acids is 1. The van der Waals surface area contributed by atoms with Crippen LogP contribution in [0.4, 0.5) is 0 Å². The van der Waals surface area contributed by atoms with E-state index in [0.717, 1.165) is 27.7 Å². The Labute approximate surface area is 150 Å². The van der Waals surface area contributed by atoms with Gasteiger partial charge in [0.05, 0.1) is 16.4 Å². The van der Waals surface area contributed by atoms with E-state index in [-0.39, 0.29) is 5.91 Å². The van der Waals surface area contributed by atoms with Gasteiger partial charge in [0.15, 0.2) is 0 Å². The molecular formula is C19H19N3O2S. The molecule has 0 bridgehead atoms. The van der Waals surface area contributed by atoms with Crippen LogP contribution in [0.3, 0.4) is 0 Å². The number of benzene rings is 1. The van der Waals surface area contributed by atoms with Crippen LogP contribution in [0.5, 0.6) is 5.75 Å². The lowest BCUT2D eigenvalue weighted by molar-refractivity contribution is 0.0954. The number of carbonyl (C=O) groups is 1. The minimum atomic E-state index is -0.0945. The highest BCUT2D eigenvalue weighted by Crippen LogP contribution is 2.18.